The van der Waals surface area contributed by atoms with E-state index in [4.69, 9.17) is 4.84 Å². The number of anilines is 1. The van der Waals surface area contributed by atoms with Crippen molar-refractivity contribution in [3.63, 3.8) is 0 Å². The van der Waals surface area contributed by atoms with Gasteiger partial charge in [-0.05, 0) is 26.0 Å². The van der Waals surface area contributed by atoms with Crippen LogP contribution in [-0.4, -0.2) is 43.1 Å². The van der Waals surface area contributed by atoms with Gasteiger partial charge in [-0.2, -0.15) is 0 Å². The molecule has 4 amide bonds. The van der Waals surface area contributed by atoms with Crippen molar-refractivity contribution in [3.8, 4) is 0 Å². The summed E-state index contributed by atoms with van der Waals surface area (Å²) in [6.07, 6.45) is 0.547. The van der Waals surface area contributed by atoms with Gasteiger partial charge >= 0.3 is 12.1 Å². The van der Waals surface area contributed by atoms with E-state index < -0.39 is 12.1 Å². The van der Waals surface area contributed by atoms with Gasteiger partial charge in [-0.25, -0.2) is 19.6 Å². The van der Waals surface area contributed by atoms with Crippen LogP contribution in [0.25, 0.3) is 0 Å². The Labute approximate surface area is 123 Å². The molecule has 21 heavy (non-hydrogen) atoms. The second kappa shape index (κ2) is 8.70. The Kier molecular flexibility index (Phi) is 6.90. The van der Waals surface area contributed by atoms with Crippen LogP contribution in [0, 0.1) is 0 Å². The number of hydroxylamine groups is 2. The number of para-hydroxylation sites is 1. The third-order valence-electron chi connectivity index (χ3n) is 2.53. The monoisotopic (exact) mass is 293 g/mol. The number of nitrogens with one attached hydrogen (secondary N) is 1. The first-order chi connectivity index (χ1) is 10.2. The summed E-state index contributed by atoms with van der Waals surface area (Å²) in [6, 6.07) is 7.14. The molecule has 0 spiro atoms. The summed E-state index contributed by atoms with van der Waals surface area (Å²) in [7, 11) is 0. The minimum Gasteiger partial charge on any atom is -0.330 e. The van der Waals surface area contributed by atoms with Crippen LogP contribution in [0.4, 0.5) is 15.3 Å². The van der Waals surface area contributed by atoms with Crippen molar-refractivity contribution in [2.24, 2.45) is 0 Å². The van der Waals surface area contributed by atoms with E-state index in [1.165, 1.54) is 0 Å². The Bertz CT molecular complexity index is 478. The zero-order valence-electron chi connectivity index (χ0n) is 12.1. The fourth-order valence-electron chi connectivity index (χ4n) is 1.65. The highest BCUT2D eigenvalue weighted by Gasteiger charge is 2.27. The maximum absolute atomic E-state index is 12.4. The molecule has 1 N–H and O–H groups in total. The molecule has 1 rings (SSSR count). The lowest BCUT2D eigenvalue weighted by atomic mass is 10.3. The number of aldehydes is 1. The molecule has 0 saturated heterocycles. The molecule has 0 saturated carbocycles. The molecule has 0 unspecified atom stereocenters. The van der Waals surface area contributed by atoms with E-state index in [1.807, 2.05) is 0 Å². The van der Waals surface area contributed by atoms with Gasteiger partial charge in [0.15, 0.2) is 0 Å². The van der Waals surface area contributed by atoms with E-state index >= 15 is 0 Å². The molecular formula is C14H19N3O4. The van der Waals surface area contributed by atoms with Crippen molar-refractivity contribution >= 4 is 24.0 Å². The average Bonchev–Trinajstić information content (AvgIpc) is 2.51. The normalized spacial score (nSPS) is 9.81. The number of rotatable bonds is 6. The van der Waals surface area contributed by atoms with Gasteiger partial charge in [0.05, 0.1) is 18.8 Å². The number of hydrogen-bond acceptors (Lipinski definition) is 4. The maximum atomic E-state index is 12.4. The Morgan fingerprint density at radius 3 is 2.43 bits per heavy atom. The van der Waals surface area contributed by atoms with Crippen LogP contribution in [0.15, 0.2) is 30.3 Å². The summed E-state index contributed by atoms with van der Waals surface area (Å²) in [5.74, 6) is 0. The van der Waals surface area contributed by atoms with Gasteiger partial charge in [0.2, 0.25) is 0 Å². The Balaban J connectivity index is 3.03. The molecule has 0 aliphatic carbocycles. The van der Waals surface area contributed by atoms with Crippen LogP contribution >= 0.6 is 0 Å². The van der Waals surface area contributed by atoms with Crippen molar-refractivity contribution in [2.45, 2.75) is 13.8 Å². The van der Waals surface area contributed by atoms with Crippen molar-refractivity contribution in [3.05, 3.63) is 30.3 Å². The standard InChI is InChI=1S/C14H19N3O4/c1-3-16(21-4-2)14(20)17(13(19)15-10-11-18)12-8-6-5-7-9-12/h5-9,11H,3-4,10H2,1-2H3,(H,15,19). The molecule has 0 heterocycles. The number of amides is 4. The summed E-state index contributed by atoms with van der Waals surface area (Å²) < 4.78 is 0. The number of imide groups is 1. The number of hydrogen-bond donors (Lipinski definition) is 1. The summed E-state index contributed by atoms with van der Waals surface area (Å²) in [5.41, 5.74) is 0.393. The highest BCUT2D eigenvalue weighted by Crippen LogP contribution is 2.16. The van der Waals surface area contributed by atoms with Crippen molar-refractivity contribution in [1.82, 2.24) is 10.4 Å². The van der Waals surface area contributed by atoms with E-state index in [0.717, 1.165) is 9.96 Å². The minimum atomic E-state index is -0.684. The molecular weight excluding hydrogens is 274 g/mol. The van der Waals surface area contributed by atoms with Crippen LogP contribution in [0.2, 0.25) is 0 Å². The zero-order valence-corrected chi connectivity index (χ0v) is 12.1. The molecule has 0 bridgehead atoms. The van der Waals surface area contributed by atoms with Crippen molar-refractivity contribution < 1.29 is 19.2 Å². The van der Waals surface area contributed by atoms with E-state index in [0.29, 0.717) is 18.6 Å². The smallest absolute Gasteiger partial charge is 0.330 e. The van der Waals surface area contributed by atoms with Crippen LogP contribution in [0.1, 0.15) is 13.8 Å². The molecule has 0 aliphatic heterocycles. The molecule has 0 aromatic heterocycles. The summed E-state index contributed by atoms with van der Waals surface area (Å²) in [6.45, 7) is 3.90. The minimum absolute atomic E-state index is 0.170. The van der Waals surface area contributed by atoms with Crippen molar-refractivity contribution in [2.75, 3.05) is 24.6 Å². The summed E-state index contributed by atoms with van der Waals surface area (Å²) in [5, 5.41) is 3.44. The average molecular weight is 293 g/mol. The molecule has 7 nitrogen and oxygen atoms in total. The third-order valence-corrected chi connectivity index (χ3v) is 2.53. The quantitative estimate of drug-likeness (QED) is 0.640. The van der Waals surface area contributed by atoms with E-state index in [1.54, 1.807) is 44.2 Å². The zero-order chi connectivity index (χ0) is 15.7. The fourth-order valence-corrected chi connectivity index (χ4v) is 1.65. The number of nitrogens with zero attached hydrogens (tertiary/aromatic N) is 2. The Morgan fingerprint density at radius 1 is 1.24 bits per heavy atom. The van der Waals surface area contributed by atoms with Gasteiger partial charge in [-0.15, -0.1) is 0 Å². The number of carbonyl (C=O) groups excluding carboxylic acids is 3. The first kappa shape index (κ1) is 16.6. The van der Waals surface area contributed by atoms with E-state index in [9.17, 15) is 14.4 Å². The van der Waals surface area contributed by atoms with Gasteiger partial charge in [0, 0.05) is 6.54 Å². The van der Waals surface area contributed by atoms with Gasteiger partial charge in [-0.3, -0.25) is 4.84 Å². The molecule has 0 radical (unpaired) electrons. The molecule has 0 aliphatic rings. The largest absolute Gasteiger partial charge is 0.356 e. The first-order valence-corrected chi connectivity index (χ1v) is 6.66. The first-order valence-electron chi connectivity index (χ1n) is 6.66. The highest BCUT2D eigenvalue weighted by atomic mass is 16.7. The van der Waals surface area contributed by atoms with Crippen molar-refractivity contribution in [1.29, 1.82) is 0 Å². The SMILES string of the molecule is CCON(CC)C(=O)N(C(=O)NCC=O)c1ccccc1. The highest BCUT2D eigenvalue weighted by molar-refractivity contribution is 6.13. The van der Waals surface area contributed by atoms with Gasteiger partial charge in [0.1, 0.15) is 6.29 Å². The lowest BCUT2D eigenvalue weighted by molar-refractivity contribution is -0.107. The van der Waals surface area contributed by atoms with Crippen LogP contribution in [-0.2, 0) is 9.63 Å². The second-order valence-corrected chi connectivity index (χ2v) is 3.92. The van der Waals surface area contributed by atoms with Gasteiger partial charge < -0.3 is 10.1 Å². The van der Waals surface area contributed by atoms with E-state index in [-0.39, 0.29) is 13.1 Å². The van der Waals surface area contributed by atoms with Crippen LogP contribution in [0.3, 0.4) is 0 Å². The number of benzene rings is 1. The Morgan fingerprint density at radius 2 is 1.90 bits per heavy atom. The third kappa shape index (κ3) is 4.57. The number of urea groups is 2. The lowest BCUT2D eigenvalue weighted by Gasteiger charge is -2.27. The molecule has 114 valence electrons. The van der Waals surface area contributed by atoms with Crippen LogP contribution in [0.5, 0.6) is 0 Å². The predicted octanol–water partition coefficient (Wildman–Crippen LogP) is 1.79. The van der Waals surface area contributed by atoms with Gasteiger partial charge in [-0.1, -0.05) is 18.2 Å². The summed E-state index contributed by atoms with van der Waals surface area (Å²) in [4.78, 5) is 41.1. The van der Waals surface area contributed by atoms with Gasteiger partial charge in [0.25, 0.3) is 0 Å². The Hall–Kier alpha value is -2.41. The maximum Gasteiger partial charge on any atom is 0.356 e. The lowest BCUT2D eigenvalue weighted by Crippen LogP contribution is -2.50. The molecule has 0 atom stereocenters. The topological polar surface area (TPSA) is 79.0 Å². The fraction of sp³-hybridized carbons (Fsp3) is 0.357. The van der Waals surface area contributed by atoms with Crippen LogP contribution < -0.4 is 10.2 Å². The van der Waals surface area contributed by atoms with E-state index in [2.05, 4.69) is 5.32 Å². The predicted molar refractivity (Wildman–Crippen MR) is 77.8 cm³/mol. The second-order valence-electron chi connectivity index (χ2n) is 3.92. The summed E-state index contributed by atoms with van der Waals surface area (Å²) >= 11 is 0. The molecule has 7 heteroatoms. The molecule has 1 aromatic rings. The molecule has 1 aromatic carbocycles. The number of carbonyl (C=O) groups is 3. The molecule has 0 fully saturated rings.